The highest BCUT2D eigenvalue weighted by molar-refractivity contribution is 7.87. The molecule has 0 amide bonds. The summed E-state index contributed by atoms with van der Waals surface area (Å²) in [5, 5.41) is 11.8. The molecule has 1 unspecified atom stereocenters. The minimum atomic E-state index is -5.70. The second-order valence-corrected chi connectivity index (χ2v) is 10.5. The second-order valence-electron chi connectivity index (χ2n) is 8.90. The van der Waals surface area contributed by atoms with Gasteiger partial charge in [0.1, 0.15) is 11.9 Å². The Kier molecular flexibility index (Phi) is 4.94. The van der Waals surface area contributed by atoms with Gasteiger partial charge in [0, 0.05) is 5.39 Å². The van der Waals surface area contributed by atoms with Gasteiger partial charge in [0.25, 0.3) is 0 Å². The predicted octanol–water partition coefficient (Wildman–Crippen LogP) is 6.22. The molecule has 1 fully saturated rings. The second kappa shape index (κ2) is 7.35. The minimum absolute atomic E-state index is 0.0560. The number of alkyl halides is 3. The summed E-state index contributed by atoms with van der Waals surface area (Å²) in [7, 11) is -5.70. The van der Waals surface area contributed by atoms with Crippen molar-refractivity contribution >= 4 is 26.5 Å². The number of fused-ring (bicyclic) bond motifs is 2. The molecule has 2 aromatic carbocycles. The molecule has 1 atom stereocenters. The van der Waals surface area contributed by atoms with E-state index in [4.69, 9.17) is 4.18 Å². The smallest absolute Gasteiger partial charge is 0.507 e. The average Bonchev–Trinajstić information content (AvgIpc) is 3.37. The first kappa shape index (κ1) is 21.5. The first-order valence-electron chi connectivity index (χ1n) is 10.8. The number of hydrogen-bond acceptors (Lipinski definition) is 4. The van der Waals surface area contributed by atoms with E-state index in [1.54, 1.807) is 12.1 Å². The fourth-order valence-corrected chi connectivity index (χ4v) is 6.48. The molecule has 3 aliphatic rings. The normalized spacial score (nSPS) is 23.1. The third-order valence-corrected chi connectivity index (χ3v) is 8.26. The highest BCUT2D eigenvalue weighted by Gasteiger charge is 2.53. The lowest BCUT2D eigenvalue weighted by molar-refractivity contribution is -0.0566. The summed E-state index contributed by atoms with van der Waals surface area (Å²) < 4.78 is 67.8. The first-order valence-corrected chi connectivity index (χ1v) is 12.2. The Morgan fingerprint density at radius 1 is 1.00 bits per heavy atom. The number of phenols is 1. The van der Waals surface area contributed by atoms with E-state index in [1.165, 1.54) is 0 Å². The summed E-state index contributed by atoms with van der Waals surface area (Å²) in [6, 6.07) is 10.9. The monoisotopic (exact) mass is 464 g/mol. The molecule has 5 rings (SSSR count). The Labute approximate surface area is 184 Å². The van der Waals surface area contributed by atoms with Crippen LogP contribution in [0.1, 0.15) is 50.5 Å². The molecule has 4 nitrogen and oxygen atoms in total. The Morgan fingerprint density at radius 2 is 1.69 bits per heavy atom. The molecule has 0 saturated heterocycles. The number of hydrogen-bond donors (Lipinski definition) is 1. The van der Waals surface area contributed by atoms with Gasteiger partial charge in [-0.25, -0.2) is 0 Å². The van der Waals surface area contributed by atoms with E-state index in [2.05, 4.69) is 0 Å². The van der Waals surface area contributed by atoms with Crippen molar-refractivity contribution in [1.29, 1.82) is 0 Å². The molecule has 8 heteroatoms. The van der Waals surface area contributed by atoms with Crippen LogP contribution in [0.3, 0.4) is 0 Å². The van der Waals surface area contributed by atoms with Crippen LogP contribution >= 0.6 is 0 Å². The van der Waals surface area contributed by atoms with Crippen molar-refractivity contribution in [3.8, 4) is 5.75 Å². The summed E-state index contributed by atoms with van der Waals surface area (Å²) in [6.45, 7) is 0. The Balaban J connectivity index is 1.64. The van der Waals surface area contributed by atoms with Crippen LogP contribution in [0, 0.1) is 5.41 Å². The number of rotatable bonds is 3. The molecule has 0 heterocycles. The van der Waals surface area contributed by atoms with Gasteiger partial charge in [-0.2, -0.15) is 21.6 Å². The molecule has 0 bridgehead atoms. The molecule has 0 radical (unpaired) electrons. The van der Waals surface area contributed by atoms with Gasteiger partial charge in [0.2, 0.25) is 0 Å². The topological polar surface area (TPSA) is 63.6 Å². The lowest BCUT2D eigenvalue weighted by Crippen LogP contribution is -2.35. The van der Waals surface area contributed by atoms with Crippen molar-refractivity contribution in [3.63, 3.8) is 0 Å². The van der Waals surface area contributed by atoms with E-state index in [0.717, 1.165) is 59.8 Å². The highest BCUT2D eigenvalue weighted by atomic mass is 32.2. The Bertz CT molecular complexity index is 1250. The average molecular weight is 465 g/mol. The summed E-state index contributed by atoms with van der Waals surface area (Å²) in [5.74, 6) is 0.158. The lowest BCUT2D eigenvalue weighted by atomic mass is 9.74. The molecule has 2 aromatic rings. The SMILES string of the molecule is O=S(=O)(OC1CC=C(c2ccc(O)c3ccccc23)C2=C1C1(CCCC1)CC2)C(F)(F)F. The summed E-state index contributed by atoms with van der Waals surface area (Å²) in [4.78, 5) is 0. The number of benzene rings is 2. The Morgan fingerprint density at radius 3 is 2.38 bits per heavy atom. The van der Waals surface area contributed by atoms with Crippen LogP contribution in [0.25, 0.3) is 16.3 Å². The minimum Gasteiger partial charge on any atom is -0.507 e. The van der Waals surface area contributed by atoms with Gasteiger partial charge in [-0.1, -0.05) is 49.2 Å². The van der Waals surface area contributed by atoms with Crippen molar-refractivity contribution in [2.75, 3.05) is 0 Å². The van der Waals surface area contributed by atoms with Crippen LogP contribution in [-0.2, 0) is 14.3 Å². The largest absolute Gasteiger partial charge is 0.523 e. The zero-order valence-corrected chi connectivity index (χ0v) is 18.1. The van der Waals surface area contributed by atoms with Crippen LogP contribution in [0.2, 0.25) is 0 Å². The van der Waals surface area contributed by atoms with E-state index in [-0.39, 0.29) is 17.6 Å². The van der Waals surface area contributed by atoms with Crippen molar-refractivity contribution in [2.45, 2.75) is 56.6 Å². The predicted molar refractivity (Wildman–Crippen MR) is 115 cm³/mol. The van der Waals surface area contributed by atoms with Crippen LogP contribution in [0.15, 0.2) is 53.6 Å². The van der Waals surface area contributed by atoms with Crippen LogP contribution in [-0.4, -0.2) is 25.1 Å². The third-order valence-electron chi connectivity index (χ3n) is 7.21. The van der Waals surface area contributed by atoms with Gasteiger partial charge in [0.05, 0.1) is 0 Å². The van der Waals surface area contributed by atoms with Gasteiger partial charge in [-0.15, -0.1) is 0 Å². The summed E-state index contributed by atoms with van der Waals surface area (Å²) in [5.41, 5.74) is -2.32. The van der Waals surface area contributed by atoms with Crippen LogP contribution in [0.4, 0.5) is 13.2 Å². The molecular formula is C24H23F3O4S. The molecule has 1 N–H and O–H groups in total. The quantitative estimate of drug-likeness (QED) is 0.433. The molecule has 1 saturated carbocycles. The highest BCUT2D eigenvalue weighted by Crippen LogP contribution is 2.60. The maximum atomic E-state index is 13.1. The fraction of sp³-hybridized carbons (Fsp3) is 0.417. The molecule has 3 aliphatic carbocycles. The molecule has 0 aromatic heterocycles. The lowest BCUT2D eigenvalue weighted by Gasteiger charge is -2.35. The van der Waals surface area contributed by atoms with Gasteiger partial charge < -0.3 is 5.11 Å². The van der Waals surface area contributed by atoms with Crippen molar-refractivity contribution in [3.05, 3.63) is 59.2 Å². The van der Waals surface area contributed by atoms with Gasteiger partial charge in [-0.05, 0) is 71.3 Å². The standard InChI is InChI=1S/C24H23F3O4S/c25-24(26,27)32(29,30)31-21-10-8-17(19-11-14-23(22(19)21)12-3-4-13-23)16-7-9-20(28)18-6-2-1-5-15(16)18/h1-2,5-9,21,28H,3-4,10-14H2. The zero-order valence-electron chi connectivity index (χ0n) is 17.3. The van der Waals surface area contributed by atoms with Gasteiger partial charge in [0.15, 0.2) is 0 Å². The maximum absolute atomic E-state index is 13.1. The number of halogens is 3. The molecular weight excluding hydrogens is 441 g/mol. The van der Waals surface area contributed by atoms with Crippen molar-refractivity contribution < 1.29 is 30.9 Å². The fourth-order valence-electron chi connectivity index (χ4n) is 5.89. The molecule has 0 aliphatic heterocycles. The van der Waals surface area contributed by atoms with Crippen LogP contribution in [0.5, 0.6) is 5.75 Å². The van der Waals surface area contributed by atoms with Gasteiger partial charge in [-0.3, -0.25) is 4.18 Å². The van der Waals surface area contributed by atoms with E-state index >= 15 is 0 Å². The van der Waals surface area contributed by atoms with Crippen molar-refractivity contribution in [2.24, 2.45) is 5.41 Å². The number of aromatic hydroxyl groups is 1. The van der Waals surface area contributed by atoms with Crippen LogP contribution < -0.4 is 0 Å². The van der Waals surface area contributed by atoms with E-state index < -0.39 is 21.7 Å². The third kappa shape index (κ3) is 3.27. The maximum Gasteiger partial charge on any atom is 0.523 e. The molecule has 32 heavy (non-hydrogen) atoms. The number of phenolic OH excluding ortho intramolecular Hbond substituents is 1. The summed E-state index contributed by atoms with van der Waals surface area (Å²) >= 11 is 0. The first-order chi connectivity index (χ1) is 15.1. The summed E-state index contributed by atoms with van der Waals surface area (Å²) in [6.07, 6.45) is 5.78. The molecule has 1 spiro atoms. The number of allylic oxidation sites excluding steroid dienone is 2. The Hall–Kier alpha value is -2.32. The van der Waals surface area contributed by atoms with Crippen molar-refractivity contribution in [1.82, 2.24) is 0 Å². The zero-order chi connectivity index (χ0) is 22.7. The van der Waals surface area contributed by atoms with E-state index in [1.807, 2.05) is 30.3 Å². The van der Waals surface area contributed by atoms with E-state index in [0.29, 0.717) is 11.8 Å². The van der Waals surface area contributed by atoms with E-state index in [9.17, 15) is 26.7 Å². The van der Waals surface area contributed by atoms with Gasteiger partial charge >= 0.3 is 15.6 Å². The molecule has 170 valence electrons.